The summed E-state index contributed by atoms with van der Waals surface area (Å²) in [4.78, 5) is 14.1. The van der Waals surface area contributed by atoms with E-state index in [-0.39, 0.29) is 17.4 Å². The van der Waals surface area contributed by atoms with Gasteiger partial charge in [-0.25, -0.2) is 0 Å². The number of nitrogens with zero attached hydrogens (tertiary/aromatic N) is 2. The van der Waals surface area contributed by atoms with Gasteiger partial charge in [0.05, 0.1) is 8.95 Å². The van der Waals surface area contributed by atoms with Crippen LogP contribution in [0.5, 0.6) is 5.75 Å². The molecule has 0 saturated carbocycles. The van der Waals surface area contributed by atoms with Gasteiger partial charge in [-0.2, -0.15) is 0 Å². The maximum absolute atomic E-state index is 12.6. The van der Waals surface area contributed by atoms with E-state index in [1.165, 1.54) is 0 Å². The number of phenolic OH excluding ortho intramolecular Hbond substituents is 1. The Bertz CT molecular complexity index is 934. The van der Waals surface area contributed by atoms with Crippen LogP contribution in [-0.4, -0.2) is 28.1 Å². The van der Waals surface area contributed by atoms with Gasteiger partial charge in [0.2, 0.25) is 0 Å². The third-order valence-corrected chi connectivity index (χ3v) is 5.17. The Labute approximate surface area is 171 Å². The van der Waals surface area contributed by atoms with Crippen LogP contribution in [0, 0.1) is 0 Å². The second-order valence-electron chi connectivity index (χ2n) is 5.65. The molecule has 8 heteroatoms. The van der Waals surface area contributed by atoms with Gasteiger partial charge in [0.25, 0.3) is 5.91 Å². The first-order chi connectivity index (χ1) is 12.3. The summed E-state index contributed by atoms with van der Waals surface area (Å²) in [5, 5.41) is 14.3. The Balaban J connectivity index is 1.78. The number of phenols is 1. The van der Waals surface area contributed by atoms with Crippen LogP contribution in [0.25, 0.3) is 11.3 Å². The molecule has 0 spiro atoms. The highest BCUT2D eigenvalue weighted by molar-refractivity contribution is 9.11. The van der Waals surface area contributed by atoms with Gasteiger partial charge in [-0.05, 0) is 61.7 Å². The average molecular weight is 501 g/mol. The molecule has 0 aliphatic rings. The number of hydrogen-bond donors (Lipinski definition) is 1. The number of aromatic nitrogens is 1. The zero-order valence-corrected chi connectivity index (χ0v) is 17.5. The Morgan fingerprint density at radius 2 is 1.81 bits per heavy atom. The highest BCUT2D eigenvalue weighted by Gasteiger charge is 2.19. The number of hydrogen-bond acceptors (Lipinski definition) is 4. The van der Waals surface area contributed by atoms with Gasteiger partial charge in [-0.1, -0.05) is 28.9 Å². The quantitative estimate of drug-likeness (QED) is 0.514. The highest BCUT2D eigenvalue weighted by Crippen LogP contribution is 2.37. The predicted octanol–water partition coefficient (Wildman–Crippen LogP) is 5.50. The van der Waals surface area contributed by atoms with E-state index in [0.29, 0.717) is 31.8 Å². The van der Waals surface area contributed by atoms with Gasteiger partial charge < -0.3 is 14.5 Å². The first-order valence-electron chi connectivity index (χ1n) is 7.50. The van der Waals surface area contributed by atoms with E-state index in [0.717, 1.165) is 5.56 Å². The largest absolute Gasteiger partial charge is 0.506 e. The fraction of sp³-hybridized carbons (Fsp3) is 0.111. The van der Waals surface area contributed by atoms with Crippen molar-refractivity contribution in [3.8, 4) is 17.1 Å². The molecule has 1 aromatic heterocycles. The van der Waals surface area contributed by atoms with Crippen LogP contribution in [-0.2, 0) is 6.54 Å². The van der Waals surface area contributed by atoms with E-state index in [9.17, 15) is 9.90 Å². The molecule has 5 nitrogen and oxygen atoms in total. The lowest BCUT2D eigenvalue weighted by Gasteiger charge is -2.15. The van der Waals surface area contributed by atoms with Crippen molar-refractivity contribution in [3.05, 3.63) is 67.7 Å². The summed E-state index contributed by atoms with van der Waals surface area (Å²) in [6, 6.07) is 12.2. The maximum atomic E-state index is 12.6. The highest BCUT2D eigenvalue weighted by atomic mass is 79.9. The zero-order chi connectivity index (χ0) is 18.8. The van der Waals surface area contributed by atoms with Crippen LogP contribution in [0.3, 0.4) is 0 Å². The summed E-state index contributed by atoms with van der Waals surface area (Å²) in [6.07, 6.45) is 0. The third kappa shape index (κ3) is 4.11. The van der Waals surface area contributed by atoms with Crippen molar-refractivity contribution in [1.29, 1.82) is 0 Å². The normalized spacial score (nSPS) is 10.8. The second kappa shape index (κ2) is 7.82. The molecule has 0 unspecified atom stereocenters. The molecule has 1 heterocycles. The number of carbonyl (C=O) groups excluding carboxylic acids is 1. The monoisotopic (exact) mass is 498 g/mol. The van der Waals surface area contributed by atoms with Crippen LogP contribution >= 0.6 is 43.5 Å². The molecular weight excluding hydrogens is 487 g/mol. The van der Waals surface area contributed by atoms with Crippen molar-refractivity contribution in [2.75, 3.05) is 7.05 Å². The second-order valence-corrected chi connectivity index (χ2v) is 7.80. The molecule has 0 saturated heterocycles. The van der Waals surface area contributed by atoms with Gasteiger partial charge in [-0.3, -0.25) is 4.79 Å². The minimum atomic E-state index is -0.258. The number of benzene rings is 2. The summed E-state index contributed by atoms with van der Waals surface area (Å²) >= 11 is 12.4. The fourth-order valence-electron chi connectivity index (χ4n) is 2.35. The van der Waals surface area contributed by atoms with Gasteiger partial charge in [0.15, 0.2) is 11.5 Å². The van der Waals surface area contributed by atoms with Gasteiger partial charge >= 0.3 is 0 Å². The third-order valence-electron chi connectivity index (χ3n) is 3.71. The first kappa shape index (κ1) is 18.9. The molecular formula is C18H13Br2ClN2O3. The smallest absolute Gasteiger partial charge is 0.276 e. The molecule has 0 aliphatic carbocycles. The van der Waals surface area contributed by atoms with E-state index in [4.69, 9.17) is 16.1 Å². The van der Waals surface area contributed by atoms with E-state index in [1.54, 1.807) is 42.3 Å². The van der Waals surface area contributed by atoms with Crippen LogP contribution in [0.2, 0.25) is 5.02 Å². The van der Waals surface area contributed by atoms with Crippen molar-refractivity contribution in [2.24, 2.45) is 0 Å². The zero-order valence-electron chi connectivity index (χ0n) is 13.5. The summed E-state index contributed by atoms with van der Waals surface area (Å²) in [5.74, 6) is 0.258. The topological polar surface area (TPSA) is 66.6 Å². The van der Waals surface area contributed by atoms with E-state index >= 15 is 0 Å². The fourth-order valence-corrected chi connectivity index (χ4v) is 3.66. The molecule has 0 atom stereocenters. The molecule has 26 heavy (non-hydrogen) atoms. The molecule has 0 aliphatic heterocycles. The van der Waals surface area contributed by atoms with Crippen molar-refractivity contribution in [2.45, 2.75) is 6.54 Å². The van der Waals surface area contributed by atoms with Crippen LogP contribution in [0.4, 0.5) is 0 Å². The van der Waals surface area contributed by atoms with Gasteiger partial charge in [0.1, 0.15) is 5.75 Å². The van der Waals surface area contributed by atoms with Crippen LogP contribution in [0.1, 0.15) is 16.1 Å². The van der Waals surface area contributed by atoms with Crippen LogP contribution in [0.15, 0.2) is 55.9 Å². The summed E-state index contributed by atoms with van der Waals surface area (Å²) in [6.45, 7) is 0.425. The number of aromatic hydroxyl groups is 1. The molecule has 0 fully saturated rings. The molecule has 1 N–H and O–H groups in total. The lowest BCUT2D eigenvalue weighted by atomic mass is 10.1. The van der Waals surface area contributed by atoms with Crippen molar-refractivity contribution in [3.63, 3.8) is 0 Å². The molecule has 134 valence electrons. The Morgan fingerprint density at radius 1 is 1.19 bits per heavy atom. The SMILES string of the molecule is CN(Cc1ccc(Cl)cc1)C(=O)c1cc(-c2cc(Br)c(O)c(Br)c2)on1. The maximum Gasteiger partial charge on any atom is 0.276 e. The van der Waals surface area contributed by atoms with Crippen LogP contribution < -0.4 is 0 Å². The molecule has 1 amide bonds. The summed E-state index contributed by atoms with van der Waals surface area (Å²) < 4.78 is 6.31. The van der Waals surface area contributed by atoms with Crippen molar-refractivity contribution < 1.29 is 14.4 Å². The number of amides is 1. The predicted molar refractivity (Wildman–Crippen MR) is 106 cm³/mol. The van der Waals surface area contributed by atoms with Crippen molar-refractivity contribution in [1.82, 2.24) is 10.1 Å². The van der Waals surface area contributed by atoms with Gasteiger partial charge in [-0.15, -0.1) is 0 Å². The minimum Gasteiger partial charge on any atom is -0.506 e. The van der Waals surface area contributed by atoms with E-state index in [1.807, 2.05) is 12.1 Å². The Kier molecular flexibility index (Phi) is 5.70. The standard InChI is InChI=1S/C18H13Br2ClN2O3/c1-23(9-10-2-4-12(21)5-3-10)18(25)15-8-16(26-22-15)11-6-13(19)17(24)14(20)7-11/h2-8,24H,9H2,1H3. The molecule has 3 aromatic rings. The number of rotatable bonds is 4. The molecule has 0 bridgehead atoms. The number of halogens is 3. The van der Waals surface area contributed by atoms with Gasteiger partial charge in [0, 0.05) is 30.2 Å². The average Bonchev–Trinajstić information content (AvgIpc) is 3.10. The minimum absolute atomic E-state index is 0.0901. The number of carbonyl (C=O) groups is 1. The van der Waals surface area contributed by atoms with Crippen molar-refractivity contribution >= 4 is 49.4 Å². The molecule has 0 radical (unpaired) electrons. The summed E-state index contributed by atoms with van der Waals surface area (Å²) in [5.41, 5.74) is 1.84. The van der Waals surface area contributed by atoms with E-state index < -0.39 is 0 Å². The lowest BCUT2D eigenvalue weighted by Crippen LogP contribution is -2.26. The summed E-state index contributed by atoms with van der Waals surface area (Å²) in [7, 11) is 1.69. The molecule has 3 rings (SSSR count). The molecule has 2 aromatic carbocycles. The van der Waals surface area contributed by atoms with E-state index in [2.05, 4.69) is 37.0 Å². The Morgan fingerprint density at radius 3 is 2.42 bits per heavy atom. The first-order valence-corrected chi connectivity index (χ1v) is 9.46. The lowest BCUT2D eigenvalue weighted by molar-refractivity contribution is 0.0775. The Hall–Kier alpha value is -1.83.